The number of carbonyl (C=O) groups excluding carboxylic acids is 1. The molecule has 1 heterocycles. The van der Waals surface area contributed by atoms with Crippen molar-refractivity contribution in [1.29, 1.82) is 0 Å². The molecular formula is C14H20N2O3. The van der Waals surface area contributed by atoms with E-state index in [-0.39, 0.29) is 18.2 Å². The number of aryl methyl sites for hydroxylation is 1. The lowest BCUT2D eigenvalue weighted by atomic mass is 9.99. The summed E-state index contributed by atoms with van der Waals surface area (Å²) >= 11 is 0. The lowest BCUT2D eigenvalue weighted by molar-refractivity contribution is -0.143. The van der Waals surface area contributed by atoms with Crippen molar-refractivity contribution in [3.05, 3.63) is 30.1 Å². The van der Waals surface area contributed by atoms with Gasteiger partial charge in [-0.1, -0.05) is 26.3 Å². The molecule has 1 aromatic rings. The summed E-state index contributed by atoms with van der Waals surface area (Å²) in [5.41, 5.74) is 0.966. The van der Waals surface area contributed by atoms with Crippen LogP contribution in [0.4, 0.5) is 0 Å². The van der Waals surface area contributed by atoms with Crippen molar-refractivity contribution in [2.24, 2.45) is 5.92 Å². The first-order chi connectivity index (χ1) is 9.04. The van der Waals surface area contributed by atoms with Gasteiger partial charge in [-0.25, -0.2) is 4.79 Å². The molecule has 5 nitrogen and oxygen atoms in total. The second kappa shape index (κ2) is 7.51. The second-order valence-electron chi connectivity index (χ2n) is 4.63. The zero-order chi connectivity index (χ0) is 14.3. The van der Waals surface area contributed by atoms with Crippen LogP contribution in [0.25, 0.3) is 0 Å². The minimum atomic E-state index is -0.982. The third-order valence-electron chi connectivity index (χ3n) is 3.16. The summed E-state index contributed by atoms with van der Waals surface area (Å²) in [5.74, 6) is -1.31. The maximum atomic E-state index is 11.8. The first-order valence-electron chi connectivity index (χ1n) is 6.45. The molecule has 104 valence electrons. The Kier molecular flexibility index (Phi) is 5.99. The third-order valence-corrected chi connectivity index (χ3v) is 3.16. The van der Waals surface area contributed by atoms with E-state index in [2.05, 4.69) is 10.3 Å². The highest BCUT2D eigenvalue weighted by Crippen LogP contribution is 2.08. The number of aromatic nitrogens is 1. The standard InChI is InChI=1S/C14H20N2O3/c1-3-10(2)13(14(18)19)16-12(17)7-6-11-5-4-8-15-9-11/h4-5,8-10,13H,3,6-7H2,1-2H3,(H,16,17)(H,18,19)/t10-,13-/m0/s1. The van der Waals surface area contributed by atoms with Crippen molar-refractivity contribution in [2.45, 2.75) is 39.2 Å². The average molecular weight is 264 g/mol. The van der Waals surface area contributed by atoms with Gasteiger partial charge >= 0.3 is 5.97 Å². The summed E-state index contributed by atoms with van der Waals surface area (Å²) in [7, 11) is 0. The molecule has 0 radical (unpaired) electrons. The molecule has 0 fully saturated rings. The Morgan fingerprint density at radius 1 is 1.47 bits per heavy atom. The summed E-state index contributed by atoms with van der Waals surface area (Å²) < 4.78 is 0. The van der Waals surface area contributed by atoms with Crippen LogP contribution in [0.5, 0.6) is 0 Å². The van der Waals surface area contributed by atoms with Crippen LogP contribution in [0.2, 0.25) is 0 Å². The molecule has 0 saturated heterocycles. The van der Waals surface area contributed by atoms with E-state index in [0.717, 1.165) is 5.56 Å². The van der Waals surface area contributed by atoms with E-state index in [1.54, 1.807) is 12.4 Å². The minimum Gasteiger partial charge on any atom is -0.480 e. The number of amides is 1. The number of carbonyl (C=O) groups is 2. The van der Waals surface area contributed by atoms with Crippen molar-refractivity contribution in [3.63, 3.8) is 0 Å². The van der Waals surface area contributed by atoms with Gasteiger partial charge in [0.1, 0.15) is 6.04 Å². The van der Waals surface area contributed by atoms with E-state index >= 15 is 0 Å². The molecule has 0 aliphatic heterocycles. The van der Waals surface area contributed by atoms with Crippen LogP contribution < -0.4 is 5.32 Å². The first kappa shape index (κ1) is 15.1. The molecular weight excluding hydrogens is 244 g/mol. The Morgan fingerprint density at radius 3 is 2.74 bits per heavy atom. The van der Waals surface area contributed by atoms with Crippen LogP contribution in [-0.2, 0) is 16.0 Å². The van der Waals surface area contributed by atoms with Crippen LogP contribution in [0.3, 0.4) is 0 Å². The van der Waals surface area contributed by atoms with Gasteiger partial charge < -0.3 is 10.4 Å². The summed E-state index contributed by atoms with van der Waals surface area (Å²) in [6, 6.07) is 2.89. The minimum absolute atomic E-state index is 0.0835. The van der Waals surface area contributed by atoms with Gasteiger partial charge in [0.05, 0.1) is 0 Å². The monoisotopic (exact) mass is 264 g/mol. The number of hydrogen-bond acceptors (Lipinski definition) is 3. The third kappa shape index (κ3) is 5.07. The highest BCUT2D eigenvalue weighted by molar-refractivity contribution is 5.83. The lowest BCUT2D eigenvalue weighted by Crippen LogP contribution is -2.45. The van der Waals surface area contributed by atoms with E-state index in [1.807, 2.05) is 26.0 Å². The number of pyridine rings is 1. The summed E-state index contributed by atoms with van der Waals surface area (Å²) in [5, 5.41) is 11.7. The van der Waals surface area contributed by atoms with Gasteiger partial charge in [-0.2, -0.15) is 0 Å². The molecule has 0 saturated carbocycles. The predicted octanol–water partition coefficient (Wildman–Crippen LogP) is 1.63. The molecule has 2 N–H and O–H groups in total. The largest absolute Gasteiger partial charge is 0.480 e. The molecule has 0 aliphatic rings. The number of hydrogen-bond donors (Lipinski definition) is 2. The summed E-state index contributed by atoms with van der Waals surface area (Å²) in [4.78, 5) is 26.8. The molecule has 5 heteroatoms. The van der Waals surface area contributed by atoms with Crippen LogP contribution in [-0.4, -0.2) is 28.0 Å². The van der Waals surface area contributed by atoms with Gasteiger partial charge in [0, 0.05) is 18.8 Å². The van der Waals surface area contributed by atoms with Crippen LogP contribution in [0.15, 0.2) is 24.5 Å². The number of aliphatic carboxylic acids is 1. The molecule has 0 aromatic carbocycles. The van der Waals surface area contributed by atoms with Crippen LogP contribution in [0.1, 0.15) is 32.3 Å². The predicted molar refractivity (Wildman–Crippen MR) is 71.6 cm³/mol. The number of rotatable bonds is 7. The highest BCUT2D eigenvalue weighted by Gasteiger charge is 2.24. The fourth-order valence-corrected chi connectivity index (χ4v) is 1.73. The van der Waals surface area contributed by atoms with Crippen molar-refractivity contribution < 1.29 is 14.7 Å². The van der Waals surface area contributed by atoms with Crippen LogP contribution >= 0.6 is 0 Å². The fourth-order valence-electron chi connectivity index (χ4n) is 1.73. The summed E-state index contributed by atoms with van der Waals surface area (Å²) in [6.45, 7) is 3.72. The Morgan fingerprint density at radius 2 is 2.21 bits per heavy atom. The van der Waals surface area contributed by atoms with Crippen molar-refractivity contribution in [1.82, 2.24) is 10.3 Å². The number of nitrogens with zero attached hydrogens (tertiary/aromatic N) is 1. The Hall–Kier alpha value is -1.91. The van der Waals surface area contributed by atoms with Crippen molar-refractivity contribution >= 4 is 11.9 Å². The molecule has 1 aromatic heterocycles. The van der Waals surface area contributed by atoms with Crippen molar-refractivity contribution in [3.8, 4) is 0 Å². The van der Waals surface area contributed by atoms with E-state index in [1.165, 1.54) is 0 Å². The highest BCUT2D eigenvalue weighted by atomic mass is 16.4. The van der Waals surface area contributed by atoms with Crippen LogP contribution in [0, 0.1) is 5.92 Å². The van der Waals surface area contributed by atoms with Gasteiger partial charge in [0.2, 0.25) is 5.91 Å². The molecule has 0 unspecified atom stereocenters. The Bertz CT molecular complexity index is 420. The Labute approximate surface area is 113 Å². The number of nitrogens with one attached hydrogen (secondary N) is 1. The fraction of sp³-hybridized carbons (Fsp3) is 0.500. The number of carboxylic acid groups (broad SMARTS) is 1. The molecule has 0 aliphatic carbocycles. The Balaban J connectivity index is 2.47. The average Bonchev–Trinajstić information content (AvgIpc) is 2.42. The molecule has 19 heavy (non-hydrogen) atoms. The van der Waals surface area contributed by atoms with Gasteiger partial charge in [-0.05, 0) is 24.0 Å². The lowest BCUT2D eigenvalue weighted by Gasteiger charge is -2.20. The number of carboxylic acids is 1. The molecule has 2 atom stereocenters. The quantitative estimate of drug-likeness (QED) is 0.784. The topological polar surface area (TPSA) is 79.3 Å². The van der Waals surface area contributed by atoms with Gasteiger partial charge in [-0.15, -0.1) is 0 Å². The van der Waals surface area contributed by atoms with Gasteiger partial charge in [-0.3, -0.25) is 9.78 Å². The molecule has 0 spiro atoms. The van der Waals surface area contributed by atoms with Crippen molar-refractivity contribution in [2.75, 3.05) is 0 Å². The maximum Gasteiger partial charge on any atom is 0.326 e. The first-order valence-corrected chi connectivity index (χ1v) is 6.45. The van der Waals surface area contributed by atoms with E-state index in [4.69, 9.17) is 5.11 Å². The summed E-state index contributed by atoms with van der Waals surface area (Å²) in [6.07, 6.45) is 4.92. The second-order valence-corrected chi connectivity index (χ2v) is 4.63. The van der Waals surface area contributed by atoms with E-state index in [9.17, 15) is 9.59 Å². The van der Waals surface area contributed by atoms with Gasteiger partial charge in [0.25, 0.3) is 0 Å². The zero-order valence-corrected chi connectivity index (χ0v) is 11.3. The molecule has 0 bridgehead atoms. The molecule has 1 rings (SSSR count). The van der Waals surface area contributed by atoms with E-state index in [0.29, 0.717) is 12.8 Å². The zero-order valence-electron chi connectivity index (χ0n) is 11.3. The van der Waals surface area contributed by atoms with E-state index < -0.39 is 12.0 Å². The van der Waals surface area contributed by atoms with Gasteiger partial charge in [0.15, 0.2) is 0 Å². The smallest absolute Gasteiger partial charge is 0.326 e. The SMILES string of the molecule is CC[C@H](C)[C@H](NC(=O)CCc1cccnc1)C(=O)O. The maximum absolute atomic E-state index is 11.8. The normalized spacial score (nSPS) is 13.6. The molecule has 1 amide bonds.